The Bertz CT molecular complexity index is 899. The molecule has 0 amide bonds. The molecule has 0 radical (unpaired) electrons. The molecule has 4 rings (SSSR count). The number of nitrogens with zero attached hydrogens (tertiary/aromatic N) is 3. The molecular formula is C17H18N4O2. The molecule has 6 nitrogen and oxygen atoms in total. The molecule has 0 fully saturated rings. The zero-order valence-corrected chi connectivity index (χ0v) is 12.9. The molecule has 6 heteroatoms. The van der Waals surface area contributed by atoms with E-state index in [0.29, 0.717) is 18.8 Å². The quantitative estimate of drug-likeness (QED) is 0.784. The number of aromatic nitrogens is 3. The van der Waals surface area contributed by atoms with Gasteiger partial charge in [-0.25, -0.2) is 9.50 Å². The van der Waals surface area contributed by atoms with E-state index >= 15 is 0 Å². The maximum atomic E-state index is 12.1. The van der Waals surface area contributed by atoms with Crippen molar-refractivity contribution in [2.24, 2.45) is 0 Å². The van der Waals surface area contributed by atoms with Crippen LogP contribution in [0.25, 0.3) is 5.65 Å². The second kappa shape index (κ2) is 5.55. The summed E-state index contributed by atoms with van der Waals surface area (Å²) in [7, 11) is 0. The number of fused-ring (bicyclic) bond motifs is 2. The first-order chi connectivity index (χ1) is 11.2. The van der Waals surface area contributed by atoms with Crippen LogP contribution in [0.3, 0.4) is 0 Å². The Labute approximate surface area is 133 Å². The summed E-state index contributed by atoms with van der Waals surface area (Å²) in [4.78, 5) is 18.9. The van der Waals surface area contributed by atoms with Gasteiger partial charge in [-0.3, -0.25) is 14.8 Å². The Morgan fingerprint density at radius 3 is 3.13 bits per heavy atom. The second-order valence-electron chi connectivity index (χ2n) is 5.91. The third kappa shape index (κ3) is 2.61. The second-order valence-corrected chi connectivity index (χ2v) is 5.91. The molecule has 3 heterocycles. The van der Waals surface area contributed by atoms with Gasteiger partial charge in [-0.15, -0.1) is 0 Å². The zero-order chi connectivity index (χ0) is 15.8. The first kappa shape index (κ1) is 14.0. The van der Waals surface area contributed by atoms with Gasteiger partial charge in [-0.2, -0.15) is 0 Å². The van der Waals surface area contributed by atoms with Crippen molar-refractivity contribution in [3.63, 3.8) is 0 Å². The van der Waals surface area contributed by atoms with E-state index in [1.54, 1.807) is 18.3 Å². The van der Waals surface area contributed by atoms with Gasteiger partial charge in [0.1, 0.15) is 12.4 Å². The van der Waals surface area contributed by atoms with Crippen molar-refractivity contribution in [2.75, 3.05) is 6.61 Å². The molecule has 1 aromatic carbocycles. The van der Waals surface area contributed by atoms with Crippen LogP contribution in [0.5, 0.6) is 5.75 Å². The largest absolute Gasteiger partial charge is 0.492 e. The molecular weight excluding hydrogens is 292 g/mol. The number of hydrogen-bond acceptors (Lipinski definition) is 4. The van der Waals surface area contributed by atoms with Gasteiger partial charge in [-0.1, -0.05) is 18.2 Å². The Kier molecular flexibility index (Phi) is 3.38. The summed E-state index contributed by atoms with van der Waals surface area (Å²) in [5, 5.41) is 2.86. The van der Waals surface area contributed by atoms with Gasteiger partial charge in [0.15, 0.2) is 5.65 Å². The van der Waals surface area contributed by atoms with Crippen LogP contribution in [0.15, 0.2) is 47.4 Å². The Morgan fingerprint density at radius 1 is 1.35 bits per heavy atom. The highest BCUT2D eigenvalue weighted by Gasteiger charge is 2.22. The van der Waals surface area contributed by atoms with E-state index in [9.17, 15) is 4.79 Å². The Hall–Kier alpha value is -2.60. The SMILES string of the molecule is CC1COc2ccccc2CN1Cc1cc(=O)n2[nH]ccc2n1. The van der Waals surface area contributed by atoms with E-state index in [1.807, 2.05) is 18.2 Å². The monoisotopic (exact) mass is 310 g/mol. The van der Waals surface area contributed by atoms with Crippen molar-refractivity contribution >= 4 is 5.65 Å². The summed E-state index contributed by atoms with van der Waals surface area (Å²) < 4.78 is 7.32. The molecule has 0 saturated heterocycles. The molecule has 0 bridgehead atoms. The minimum absolute atomic E-state index is 0.0888. The molecule has 3 aromatic rings. The third-order valence-corrected chi connectivity index (χ3v) is 4.25. The lowest BCUT2D eigenvalue weighted by Gasteiger charge is -2.25. The lowest BCUT2D eigenvalue weighted by molar-refractivity contribution is 0.150. The van der Waals surface area contributed by atoms with Crippen LogP contribution in [-0.4, -0.2) is 32.1 Å². The maximum absolute atomic E-state index is 12.1. The van der Waals surface area contributed by atoms with Crippen LogP contribution < -0.4 is 10.3 Å². The van der Waals surface area contributed by atoms with E-state index in [-0.39, 0.29) is 11.6 Å². The lowest BCUT2D eigenvalue weighted by atomic mass is 10.1. The van der Waals surface area contributed by atoms with Gasteiger partial charge in [-0.05, 0) is 13.0 Å². The Morgan fingerprint density at radius 2 is 2.22 bits per heavy atom. The smallest absolute Gasteiger partial charge is 0.272 e. The number of H-pyrrole nitrogens is 1. The molecule has 1 unspecified atom stereocenters. The fourth-order valence-electron chi connectivity index (χ4n) is 2.94. The average Bonchev–Trinajstić information content (AvgIpc) is 2.96. The predicted molar refractivity (Wildman–Crippen MR) is 86.5 cm³/mol. The number of benzene rings is 1. The van der Waals surface area contributed by atoms with Crippen molar-refractivity contribution in [2.45, 2.75) is 26.1 Å². The molecule has 0 spiro atoms. The van der Waals surface area contributed by atoms with Gasteiger partial charge in [0.25, 0.3) is 5.56 Å². The highest BCUT2D eigenvalue weighted by Crippen LogP contribution is 2.25. The van der Waals surface area contributed by atoms with Crippen LogP contribution in [0, 0.1) is 0 Å². The summed E-state index contributed by atoms with van der Waals surface area (Å²) in [5.41, 5.74) is 2.50. The van der Waals surface area contributed by atoms with Crippen molar-refractivity contribution in [3.05, 3.63) is 64.2 Å². The summed E-state index contributed by atoms with van der Waals surface area (Å²) >= 11 is 0. The Balaban J connectivity index is 1.65. The fraction of sp³-hybridized carbons (Fsp3) is 0.294. The molecule has 0 aliphatic carbocycles. The van der Waals surface area contributed by atoms with Gasteiger partial charge < -0.3 is 4.74 Å². The minimum Gasteiger partial charge on any atom is -0.492 e. The van der Waals surface area contributed by atoms with Gasteiger partial charge in [0.2, 0.25) is 0 Å². The first-order valence-corrected chi connectivity index (χ1v) is 7.71. The summed E-state index contributed by atoms with van der Waals surface area (Å²) in [6, 6.07) is 11.7. The normalized spacial score (nSPS) is 18.4. The lowest BCUT2D eigenvalue weighted by Crippen LogP contribution is -2.35. The summed E-state index contributed by atoms with van der Waals surface area (Å²) in [5.74, 6) is 0.941. The highest BCUT2D eigenvalue weighted by atomic mass is 16.5. The number of aromatic amines is 1. The van der Waals surface area contributed by atoms with Gasteiger partial charge in [0, 0.05) is 43.0 Å². The van der Waals surface area contributed by atoms with Crippen molar-refractivity contribution in [1.29, 1.82) is 0 Å². The number of hydrogen-bond donors (Lipinski definition) is 1. The summed E-state index contributed by atoms with van der Waals surface area (Å²) in [6.07, 6.45) is 1.71. The highest BCUT2D eigenvalue weighted by molar-refractivity contribution is 5.37. The number of rotatable bonds is 2. The number of para-hydroxylation sites is 1. The third-order valence-electron chi connectivity index (χ3n) is 4.25. The first-order valence-electron chi connectivity index (χ1n) is 7.71. The molecule has 23 heavy (non-hydrogen) atoms. The topological polar surface area (TPSA) is 62.6 Å². The predicted octanol–water partition coefficient (Wildman–Crippen LogP) is 1.81. The fourth-order valence-corrected chi connectivity index (χ4v) is 2.94. The van der Waals surface area contributed by atoms with Gasteiger partial charge >= 0.3 is 0 Å². The van der Waals surface area contributed by atoms with Crippen molar-refractivity contribution in [3.8, 4) is 5.75 Å². The molecule has 2 aromatic heterocycles. The van der Waals surface area contributed by atoms with E-state index in [2.05, 4.69) is 28.0 Å². The van der Waals surface area contributed by atoms with Crippen molar-refractivity contribution in [1.82, 2.24) is 19.5 Å². The molecule has 1 aliphatic rings. The minimum atomic E-state index is -0.0888. The van der Waals surface area contributed by atoms with Crippen LogP contribution in [0.2, 0.25) is 0 Å². The molecule has 118 valence electrons. The van der Waals surface area contributed by atoms with Crippen molar-refractivity contribution < 1.29 is 4.74 Å². The van der Waals surface area contributed by atoms with E-state index < -0.39 is 0 Å². The molecule has 0 saturated carbocycles. The number of ether oxygens (including phenoxy) is 1. The summed E-state index contributed by atoms with van der Waals surface area (Å²) in [6.45, 7) is 4.16. The molecule has 1 atom stereocenters. The zero-order valence-electron chi connectivity index (χ0n) is 12.9. The maximum Gasteiger partial charge on any atom is 0.272 e. The van der Waals surface area contributed by atoms with Crippen LogP contribution >= 0.6 is 0 Å². The van der Waals surface area contributed by atoms with Gasteiger partial charge in [0.05, 0.1) is 5.69 Å². The number of nitrogens with one attached hydrogen (secondary N) is 1. The van der Waals surface area contributed by atoms with E-state index in [4.69, 9.17) is 4.74 Å². The molecule has 1 aliphatic heterocycles. The van der Waals surface area contributed by atoms with E-state index in [0.717, 1.165) is 23.6 Å². The van der Waals surface area contributed by atoms with Crippen LogP contribution in [0.1, 0.15) is 18.2 Å². The van der Waals surface area contributed by atoms with E-state index in [1.165, 1.54) is 4.52 Å². The average molecular weight is 310 g/mol. The molecule has 1 N–H and O–H groups in total. The standard InChI is InChI=1S/C17H18N4O2/c1-12-11-23-15-5-3-2-4-13(15)9-20(12)10-14-8-17(22)21-16(19-14)6-7-18-21/h2-8,12,18H,9-11H2,1H3. The van der Waals surface area contributed by atoms with Crippen LogP contribution in [0.4, 0.5) is 0 Å². The van der Waals surface area contributed by atoms with Crippen LogP contribution in [-0.2, 0) is 13.1 Å².